The summed E-state index contributed by atoms with van der Waals surface area (Å²) in [6, 6.07) is 10.4. The Morgan fingerprint density at radius 3 is 2.65 bits per heavy atom. The van der Waals surface area contributed by atoms with E-state index in [0.717, 1.165) is 22.2 Å². The fourth-order valence-corrected chi connectivity index (χ4v) is 2.88. The summed E-state index contributed by atoms with van der Waals surface area (Å²) >= 11 is 15.4. The largest absolute Gasteiger partial charge is 0.492 e. The van der Waals surface area contributed by atoms with Crippen LogP contribution in [0, 0.1) is 0 Å². The molecule has 2 rings (SSSR count). The number of hydrogen-bond donors (Lipinski definition) is 1. The first kappa shape index (κ1) is 18.1. The number of benzene rings is 2. The smallest absolute Gasteiger partial charge is 0.251 e. The van der Waals surface area contributed by atoms with Crippen LogP contribution in [0.2, 0.25) is 10.0 Å². The lowest BCUT2D eigenvalue weighted by atomic mass is 10.2. The van der Waals surface area contributed by atoms with Crippen molar-refractivity contribution in [3.05, 3.63) is 62.0 Å². The number of amides is 1. The molecule has 2 aromatic carbocycles. The van der Waals surface area contributed by atoms with Crippen LogP contribution in [-0.4, -0.2) is 12.5 Å². The van der Waals surface area contributed by atoms with Gasteiger partial charge >= 0.3 is 0 Å². The van der Waals surface area contributed by atoms with Crippen LogP contribution >= 0.6 is 39.1 Å². The molecule has 2 aromatic rings. The summed E-state index contributed by atoms with van der Waals surface area (Å²) in [5, 5.41) is 3.93. The third-order valence-corrected chi connectivity index (χ3v) is 4.32. The van der Waals surface area contributed by atoms with E-state index in [9.17, 15) is 4.79 Å². The number of hydrogen-bond acceptors (Lipinski definition) is 2. The van der Waals surface area contributed by atoms with Crippen LogP contribution in [0.4, 0.5) is 0 Å². The molecule has 0 unspecified atom stereocenters. The highest BCUT2D eigenvalue weighted by molar-refractivity contribution is 9.10. The first-order chi connectivity index (χ1) is 11.0. The van der Waals surface area contributed by atoms with E-state index in [4.69, 9.17) is 27.9 Å². The Morgan fingerprint density at radius 2 is 2.00 bits per heavy atom. The van der Waals surface area contributed by atoms with Crippen LogP contribution in [0.3, 0.4) is 0 Å². The van der Waals surface area contributed by atoms with Gasteiger partial charge in [0.2, 0.25) is 0 Å². The summed E-state index contributed by atoms with van der Waals surface area (Å²) in [5.74, 6) is 0.544. The van der Waals surface area contributed by atoms with E-state index in [-0.39, 0.29) is 5.91 Å². The summed E-state index contributed by atoms with van der Waals surface area (Å²) < 4.78 is 6.32. The van der Waals surface area contributed by atoms with Crippen molar-refractivity contribution >= 4 is 45.0 Å². The zero-order chi connectivity index (χ0) is 16.8. The number of carbonyl (C=O) groups excluding carboxylic acids is 1. The molecule has 0 fully saturated rings. The summed E-state index contributed by atoms with van der Waals surface area (Å²) in [6.45, 7) is 3.01. The van der Waals surface area contributed by atoms with E-state index in [1.54, 1.807) is 36.4 Å². The second-order valence-corrected chi connectivity index (χ2v) is 6.61. The molecule has 0 aliphatic carbocycles. The highest BCUT2D eigenvalue weighted by Crippen LogP contribution is 2.26. The topological polar surface area (TPSA) is 38.3 Å². The van der Waals surface area contributed by atoms with Crippen molar-refractivity contribution in [1.29, 1.82) is 0 Å². The van der Waals surface area contributed by atoms with Gasteiger partial charge in [-0.15, -0.1) is 0 Å². The average Bonchev–Trinajstić information content (AvgIpc) is 2.52. The molecule has 0 aliphatic rings. The SMILES string of the molecule is CCCOc1ccc(C(=O)NCc2ccc(Cl)cc2Cl)cc1Br. The molecule has 122 valence electrons. The molecule has 0 spiro atoms. The van der Waals surface area contributed by atoms with Crippen LogP contribution < -0.4 is 10.1 Å². The Balaban J connectivity index is 2.01. The minimum atomic E-state index is -0.182. The molecular formula is C17H16BrCl2NO2. The van der Waals surface area contributed by atoms with E-state index >= 15 is 0 Å². The first-order valence-electron chi connectivity index (χ1n) is 7.15. The normalized spacial score (nSPS) is 10.4. The molecule has 0 atom stereocenters. The fraction of sp³-hybridized carbons (Fsp3) is 0.235. The van der Waals surface area contributed by atoms with Crippen LogP contribution in [0.25, 0.3) is 0 Å². The second kappa shape index (κ2) is 8.57. The average molecular weight is 417 g/mol. The summed E-state index contributed by atoms with van der Waals surface area (Å²) in [6.07, 6.45) is 0.927. The molecule has 1 N–H and O–H groups in total. The molecule has 1 amide bonds. The molecule has 0 aliphatic heterocycles. The molecule has 23 heavy (non-hydrogen) atoms. The monoisotopic (exact) mass is 415 g/mol. The van der Waals surface area contributed by atoms with Gasteiger partial charge in [-0.05, 0) is 58.2 Å². The van der Waals surface area contributed by atoms with Gasteiger partial charge in [-0.25, -0.2) is 0 Å². The zero-order valence-electron chi connectivity index (χ0n) is 12.5. The lowest BCUT2D eigenvalue weighted by Gasteiger charge is -2.10. The molecule has 3 nitrogen and oxygen atoms in total. The number of halogens is 3. The summed E-state index contributed by atoms with van der Waals surface area (Å²) in [7, 11) is 0. The third kappa shape index (κ3) is 5.13. The first-order valence-corrected chi connectivity index (χ1v) is 8.70. The molecule has 6 heteroatoms. The van der Waals surface area contributed by atoms with Gasteiger partial charge in [-0.3, -0.25) is 4.79 Å². The van der Waals surface area contributed by atoms with Crippen LogP contribution in [0.15, 0.2) is 40.9 Å². The van der Waals surface area contributed by atoms with Crippen LogP contribution in [0.5, 0.6) is 5.75 Å². The van der Waals surface area contributed by atoms with Gasteiger partial charge in [-0.2, -0.15) is 0 Å². The van der Waals surface area contributed by atoms with Crippen molar-refractivity contribution in [2.45, 2.75) is 19.9 Å². The number of nitrogens with one attached hydrogen (secondary N) is 1. The Hall–Kier alpha value is -1.23. The van der Waals surface area contributed by atoms with Gasteiger partial charge in [0.15, 0.2) is 0 Å². The molecule has 0 saturated carbocycles. The highest BCUT2D eigenvalue weighted by Gasteiger charge is 2.10. The highest BCUT2D eigenvalue weighted by atomic mass is 79.9. The second-order valence-electron chi connectivity index (χ2n) is 4.91. The molecule has 0 saturated heterocycles. The van der Waals surface area contributed by atoms with Gasteiger partial charge in [0.1, 0.15) is 5.75 Å². The molecule has 0 bridgehead atoms. The fourth-order valence-electron chi connectivity index (χ4n) is 1.91. The summed E-state index contributed by atoms with van der Waals surface area (Å²) in [4.78, 5) is 12.2. The Kier molecular flexibility index (Phi) is 6.75. The predicted molar refractivity (Wildman–Crippen MR) is 97.6 cm³/mol. The zero-order valence-corrected chi connectivity index (χ0v) is 15.6. The number of ether oxygens (including phenoxy) is 1. The molecule has 0 heterocycles. The maximum absolute atomic E-state index is 12.2. The van der Waals surface area contributed by atoms with E-state index in [1.165, 1.54) is 0 Å². The Bertz CT molecular complexity index is 707. The van der Waals surface area contributed by atoms with Crippen molar-refractivity contribution in [3.8, 4) is 5.75 Å². The lowest BCUT2D eigenvalue weighted by Crippen LogP contribution is -2.23. The van der Waals surface area contributed by atoms with Gasteiger partial charge in [0.05, 0.1) is 11.1 Å². The van der Waals surface area contributed by atoms with Crippen LogP contribution in [-0.2, 0) is 6.54 Å². The van der Waals surface area contributed by atoms with Crippen molar-refractivity contribution < 1.29 is 9.53 Å². The van der Waals surface area contributed by atoms with Gasteiger partial charge in [0, 0.05) is 22.2 Å². The Labute approximate surface area is 154 Å². The van der Waals surface area contributed by atoms with Crippen molar-refractivity contribution in [2.75, 3.05) is 6.61 Å². The minimum absolute atomic E-state index is 0.182. The standard InChI is InChI=1S/C17H16BrCl2NO2/c1-2-7-23-16-6-4-11(8-14(16)18)17(22)21-10-12-3-5-13(19)9-15(12)20/h3-6,8-9H,2,7,10H2,1H3,(H,21,22). The molecular weight excluding hydrogens is 401 g/mol. The predicted octanol–water partition coefficient (Wildman–Crippen LogP) is 5.47. The van der Waals surface area contributed by atoms with Crippen LogP contribution in [0.1, 0.15) is 29.3 Å². The molecule has 0 radical (unpaired) electrons. The Morgan fingerprint density at radius 1 is 1.22 bits per heavy atom. The molecule has 0 aromatic heterocycles. The third-order valence-electron chi connectivity index (χ3n) is 3.11. The maximum atomic E-state index is 12.2. The van der Waals surface area contributed by atoms with Gasteiger partial charge < -0.3 is 10.1 Å². The van der Waals surface area contributed by atoms with E-state index in [0.29, 0.717) is 28.8 Å². The van der Waals surface area contributed by atoms with E-state index in [2.05, 4.69) is 21.2 Å². The van der Waals surface area contributed by atoms with Gasteiger partial charge in [0.25, 0.3) is 5.91 Å². The lowest BCUT2D eigenvalue weighted by molar-refractivity contribution is 0.0951. The van der Waals surface area contributed by atoms with Crippen molar-refractivity contribution in [3.63, 3.8) is 0 Å². The quantitative estimate of drug-likeness (QED) is 0.677. The van der Waals surface area contributed by atoms with Gasteiger partial charge in [-0.1, -0.05) is 36.2 Å². The number of rotatable bonds is 6. The maximum Gasteiger partial charge on any atom is 0.251 e. The number of carbonyl (C=O) groups is 1. The van der Waals surface area contributed by atoms with E-state index < -0.39 is 0 Å². The van der Waals surface area contributed by atoms with Crippen molar-refractivity contribution in [2.24, 2.45) is 0 Å². The van der Waals surface area contributed by atoms with E-state index in [1.807, 2.05) is 6.92 Å². The summed E-state index contributed by atoms with van der Waals surface area (Å²) in [5.41, 5.74) is 1.36. The minimum Gasteiger partial charge on any atom is -0.492 e. The van der Waals surface area contributed by atoms with Crippen molar-refractivity contribution in [1.82, 2.24) is 5.32 Å².